The first kappa shape index (κ1) is 16.0. The van der Waals surface area contributed by atoms with Crippen LogP contribution in [0.4, 0.5) is 0 Å². The molecule has 1 N–H and O–H groups in total. The number of nitrogens with zero attached hydrogens (tertiary/aromatic N) is 1. The van der Waals surface area contributed by atoms with Gasteiger partial charge in [0, 0.05) is 12.1 Å². The highest BCUT2D eigenvalue weighted by molar-refractivity contribution is 4.83. The number of unbranched alkanes of at least 4 members (excludes halogenated alkanes) is 2. The lowest BCUT2D eigenvalue weighted by Crippen LogP contribution is -2.42. The Labute approximate surface area is 115 Å². The Morgan fingerprint density at radius 3 is 2.06 bits per heavy atom. The molecule has 2 atom stereocenters. The van der Waals surface area contributed by atoms with Crippen LogP contribution in [-0.2, 0) is 0 Å². The van der Waals surface area contributed by atoms with Gasteiger partial charge in [-0.25, -0.2) is 0 Å². The van der Waals surface area contributed by atoms with Gasteiger partial charge in [-0.2, -0.15) is 0 Å². The molecule has 1 saturated carbocycles. The van der Waals surface area contributed by atoms with Crippen LogP contribution in [0, 0.1) is 5.92 Å². The van der Waals surface area contributed by atoms with E-state index in [2.05, 4.69) is 37.9 Å². The van der Waals surface area contributed by atoms with Crippen molar-refractivity contribution in [2.24, 2.45) is 5.92 Å². The summed E-state index contributed by atoms with van der Waals surface area (Å²) in [6.07, 6.45) is 8.11. The Bertz CT molecular complexity index is 193. The van der Waals surface area contributed by atoms with Gasteiger partial charge >= 0.3 is 0 Å². The summed E-state index contributed by atoms with van der Waals surface area (Å²) in [5, 5.41) is 3.68. The molecule has 0 radical (unpaired) electrons. The molecule has 18 heavy (non-hydrogen) atoms. The summed E-state index contributed by atoms with van der Waals surface area (Å²) in [5.41, 5.74) is 0. The third-order valence-electron chi connectivity index (χ3n) is 4.30. The van der Waals surface area contributed by atoms with E-state index >= 15 is 0 Å². The quantitative estimate of drug-likeness (QED) is 0.605. The van der Waals surface area contributed by atoms with E-state index in [0.29, 0.717) is 6.04 Å². The predicted molar refractivity (Wildman–Crippen MR) is 81.0 cm³/mol. The van der Waals surface area contributed by atoms with Gasteiger partial charge in [0.1, 0.15) is 0 Å². The van der Waals surface area contributed by atoms with Crippen molar-refractivity contribution < 1.29 is 0 Å². The standard InChI is InChI=1S/C16H34N2/c1-5-7-11-18(12-8-6-2)15(4)14(3)13-17-16-9-10-16/h14-17H,5-13H2,1-4H3. The smallest absolute Gasteiger partial charge is 0.0105 e. The average molecular weight is 254 g/mol. The number of rotatable bonds is 11. The maximum absolute atomic E-state index is 3.68. The van der Waals surface area contributed by atoms with Crippen molar-refractivity contribution in [1.29, 1.82) is 0 Å². The molecule has 1 fully saturated rings. The van der Waals surface area contributed by atoms with Crippen LogP contribution in [0.5, 0.6) is 0 Å². The molecule has 1 rings (SSSR count). The van der Waals surface area contributed by atoms with E-state index in [1.165, 1.54) is 58.2 Å². The normalized spacial score (nSPS) is 19.2. The first-order valence-electron chi connectivity index (χ1n) is 8.16. The van der Waals surface area contributed by atoms with Crippen molar-refractivity contribution in [3.63, 3.8) is 0 Å². The summed E-state index contributed by atoms with van der Waals surface area (Å²) < 4.78 is 0. The maximum Gasteiger partial charge on any atom is 0.0105 e. The zero-order chi connectivity index (χ0) is 13.4. The number of nitrogens with one attached hydrogen (secondary N) is 1. The van der Waals surface area contributed by atoms with Gasteiger partial charge < -0.3 is 10.2 Å². The van der Waals surface area contributed by atoms with Gasteiger partial charge in [0.25, 0.3) is 0 Å². The molecule has 0 aliphatic heterocycles. The second-order valence-electron chi connectivity index (χ2n) is 6.14. The van der Waals surface area contributed by atoms with Gasteiger partial charge in [-0.15, -0.1) is 0 Å². The molecule has 2 heteroatoms. The summed E-state index contributed by atoms with van der Waals surface area (Å²) >= 11 is 0. The van der Waals surface area contributed by atoms with Gasteiger partial charge in [0.05, 0.1) is 0 Å². The van der Waals surface area contributed by atoms with Crippen molar-refractivity contribution in [2.75, 3.05) is 19.6 Å². The highest BCUT2D eigenvalue weighted by atomic mass is 15.2. The molecule has 2 unspecified atom stereocenters. The summed E-state index contributed by atoms with van der Waals surface area (Å²) in [4.78, 5) is 2.71. The van der Waals surface area contributed by atoms with E-state index < -0.39 is 0 Å². The van der Waals surface area contributed by atoms with E-state index in [-0.39, 0.29) is 0 Å². The lowest BCUT2D eigenvalue weighted by molar-refractivity contribution is 0.154. The molecule has 108 valence electrons. The van der Waals surface area contributed by atoms with Gasteiger partial charge in [-0.3, -0.25) is 0 Å². The highest BCUT2D eigenvalue weighted by Crippen LogP contribution is 2.20. The molecule has 0 aromatic heterocycles. The first-order chi connectivity index (χ1) is 8.69. The Kier molecular flexibility index (Phi) is 7.92. The van der Waals surface area contributed by atoms with E-state index in [1.54, 1.807) is 0 Å². The second kappa shape index (κ2) is 8.92. The zero-order valence-corrected chi connectivity index (χ0v) is 13.0. The van der Waals surface area contributed by atoms with Crippen LogP contribution in [0.1, 0.15) is 66.2 Å². The summed E-state index contributed by atoms with van der Waals surface area (Å²) in [6, 6.07) is 1.56. The van der Waals surface area contributed by atoms with Crippen LogP contribution in [0.3, 0.4) is 0 Å². The minimum atomic E-state index is 0.717. The van der Waals surface area contributed by atoms with Crippen LogP contribution < -0.4 is 5.32 Å². The van der Waals surface area contributed by atoms with Gasteiger partial charge in [-0.1, -0.05) is 33.6 Å². The van der Waals surface area contributed by atoms with Crippen molar-refractivity contribution in [1.82, 2.24) is 10.2 Å². The van der Waals surface area contributed by atoms with Crippen molar-refractivity contribution in [2.45, 2.75) is 78.3 Å². The number of hydrogen-bond acceptors (Lipinski definition) is 2. The van der Waals surface area contributed by atoms with Crippen LogP contribution in [-0.4, -0.2) is 36.6 Å². The SMILES string of the molecule is CCCCN(CCCC)C(C)C(C)CNC1CC1. The lowest BCUT2D eigenvalue weighted by Gasteiger charge is -2.33. The average Bonchev–Trinajstić information content (AvgIpc) is 3.19. The molecule has 1 aliphatic carbocycles. The second-order valence-corrected chi connectivity index (χ2v) is 6.14. The third-order valence-corrected chi connectivity index (χ3v) is 4.30. The summed E-state index contributed by atoms with van der Waals surface area (Å²) in [7, 11) is 0. The minimum absolute atomic E-state index is 0.717. The van der Waals surface area contributed by atoms with E-state index in [1.807, 2.05) is 0 Å². The van der Waals surface area contributed by atoms with Crippen LogP contribution in [0.15, 0.2) is 0 Å². The third kappa shape index (κ3) is 6.19. The van der Waals surface area contributed by atoms with Crippen LogP contribution in [0.25, 0.3) is 0 Å². The fourth-order valence-electron chi connectivity index (χ4n) is 2.41. The Morgan fingerprint density at radius 2 is 1.61 bits per heavy atom. The van der Waals surface area contributed by atoms with Gasteiger partial charge in [0.15, 0.2) is 0 Å². The Hall–Kier alpha value is -0.0800. The lowest BCUT2D eigenvalue weighted by atomic mass is 10.0. The van der Waals surface area contributed by atoms with Gasteiger partial charge in [0.2, 0.25) is 0 Å². The molecule has 0 aromatic carbocycles. The molecular weight excluding hydrogens is 220 g/mol. The molecule has 0 saturated heterocycles. The fraction of sp³-hybridized carbons (Fsp3) is 1.00. The largest absolute Gasteiger partial charge is 0.314 e. The minimum Gasteiger partial charge on any atom is -0.314 e. The predicted octanol–water partition coefficient (Wildman–Crippen LogP) is 3.67. The highest BCUT2D eigenvalue weighted by Gasteiger charge is 2.24. The summed E-state index contributed by atoms with van der Waals surface area (Å²) in [6.45, 7) is 13.2. The first-order valence-corrected chi connectivity index (χ1v) is 8.16. The fourth-order valence-corrected chi connectivity index (χ4v) is 2.41. The van der Waals surface area contributed by atoms with Crippen molar-refractivity contribution in [3.05, 3.63) is 0 Å². The Balaban J connectivity index is 2.30. The van der Waals surface area contributed by atoms with E-state index in [0.717, 1.165) is 12.0 Å². The van der Waals surface area contributed by atoms with Crippen LogP contribution in [0.2, 0.25) is 0 Å². The molecule has 1 aliphatic rings. The molecular formula is C16H34N2. The van der Waals surface area contributed by atoms with E-state index in [4.69, 9.17) is 0 Å². The van der Waals surface area contributed by atoms with E-state index in [9.17, 15) is 0 Å². The molecule has 0 amide bonds. The Morgan fingerprint density at radius 1 is 1.06 bits per heavy atom. The topological polar surface area (TPSA) is 15.3 Å². The van der Waals surface area contributed by atoms with Crippen molar-refractivity contribution >= 4 is 0 Å². The molecule has 0 heterocycles. The zero-order valence-electron chi connectivity index (χ0n) is 13.0. The maximum atomic E-state index is 3.68. The molecule has 0 bridgehead atoms. The van der Waals surface area contributed by atoms with Gasteiger partial charge in [-0.05, 0) is 58.2 Å². The molecule has 0 spiro atoms. The monoisotopic (exact) mass is 254 g/mol. The molecule has 2 nitrogen and oxygen atoms in total. The number of hydrogen-bond donors (Lipinski definition) is 1. The summed E-state index contributed by atoms with van der Waals surface area (Å²) in [5.74, 6) is 0.763. The molecule has 0 aromatic rings. The van der Waals surface area contributed by atoms with Crippen molar-refractivity contribution in [3.8, 4) is 0 Å². The van der Waals surface area contributed by atoms with Crippen LogP contribution >= 0.6 is 0 Å².